The van der Waals surface area contributed by atoms with E-state index >= 15 is 0 Å². The fourth-order valence-electron chi connectivity index (χ4n) is 5.40. The molecule has 0 aromatic heterocycles. The molecule has 5 amide bonds. The molecule has 3 atom stereocenters. The van der Waals surface area contributed by atoms with Crippen LogP contribution in [0.15, 0.2) is 42.5 Å². The van der Waals surface area contributed by atoms with Gasteiger partial charge in [0.1, 0.15) is 11.9 Å². The number of carbonyl (C=O) groups is 3. The third kappa shape index (κ3) is 7.64. The molecule has 1 heterocycles. The Morgan fingerprint density at radius 2 is 1.83 bits per heavy atom. The summed E-state index contributed by atoms with van der Waals surface area (Å²) in [6, 6.07) is 11.0. The van der Waals surface area contributed by atoms with E-state index < -0.39 is 18.2 Å². The van der Waals surface area contributed by atoms with Crippen LogP contribution in [0.1, 0.15) is 56.3 Å². The number of rotatable bonds is 8. The van der Waals surface area contributed by atoms with Gasteiger partial charge < -0.3 is 40.3 Å². The second kappa shape index (κ2) is 14.3. The Kier molecular flexibility index (Phi) is 10.5. The number of carbonyl (C=O) groups excluding carboxylic acids is 3. The highest BCUT2D eigenvalue weighted by molar-refractivity contribution is 6.04. The molecule has 2 aliphatic rings. The van der Waals surface area contributed by atoms with Gasteiger partial charge in [-0.25, -0.2) is 9.59 Å². The quantitative estimate of drug-likeness (QED) is 0.362. The number of hydrogen-bond acceptors (Lipinski definition) is 6. The van der Waals surface area contributed by atoms with Gasteiger partial charge in [0, 0.05) is 31.2 Å². The van der Waals surface area contributed by atoms with Crippen molar-refractivity contribution in [3.05, 3.63) is 48.0 Å². The molecule has 228 valence electrons. The third-order valence-electron chi connectivity index (χ3n) is 8.02. The van der Waals surface area contributed by atoms with Crippen molar-refractivity contribution in [2.75, 3.05) is 44.5 Å². The van der Waals surface area contributed by atoms with Gasteiger partial charge in [0.15, 0.2) is 5.75 Å². The molecule has 4 N–H and O–H groups in total. The zero-order chi connectivity index (χ0) is 30.2. The number of benzene rings is 2. The van der Waals surface area contributed by atoms with Gasteiger partial charge in [-0.2, -0.15) is 0 Å². The summed E-state index contributed by atoms with van der Waals surface area (Å²) >= 11 is 0. The maximum absolute atomic E-state index is 13.7. The second-order valence-electron chi connectivity index (χ2n) is 11.3. The van der Waals surface area contributed by atoms with Crippen LogP contribution in [-0.4, -0.2) is 84.9 Å². The summed E-state index contributed by atoms with van der Waals surface area (Å²) in [6.07, 6.45) is 4.89. The minimum Gasteiger partial charge on any atom is -0.497 e. The van der Waals surface area contributed by atoms with Gasteiger partial charge >= 0.3 is 12.1 Å². The third-order valence-corrected chi connectivity index (χ3v) is 8.02. The van der Waals surface area contributed by atoms with E-state index in [1.54, 1.807) is 73.3 Å². The predicted octanol–water partition coefficient (Wildman–Crippen LogP) is 4.53. The molecule has 1 fully saturated rings. The van der Waals surface area contributed by atoms with Crippen molar-refractivity contribution in [2.45, 2.75) is 64.1 Å². The van der Waals surface area contributed by atoms with Crippen LogP contribution >= 0.6 is 0 Å². The molecule has 42 heavy (non-hydrogen) atoms. The molecule has 0 bridgehead atoms. The Hall–Kier alpha value is -3.99. The highest BCUT2D eigenvalue weighted by Crippen LogP contribution is 2.35. The Bertz CT molecular complexity index is 1230. The van der Waals surface area contributed by atoms with Crippen molar-refractivity contribution >= 4 is 29.3 Å². The van der Waals surface area contributed by atoms with Crippen molar-refractivity contribution in [2.24, 2.45) is 5.92 Å². The van der Waals surface area contributed by atoms with Crippen LogP contribution in [0.2, 0.25) is 0 Å². The minimum atomic E-state index is -0.513. The van der Waals surface area contributed by atoms with Gasteiger partial charge in [0.05, 0.1) is 37.6 Å². The standard InChI is InChI=1S/C31H43N5O6/c1-20-17-36(21(2)19-37)29(38)25-11-8-12-26(34-30(39)32-23-13-15-24(41-4)16-14-23)28(25)42-27(20)18-35(3)31(40)33-22-9-6-5-7-10-22/h8,11-16,20-22,27,37H,5-7,9-10,17-19H2,1-4H3,(H,33,40)(H2,32,34,39)/t20-,21+,27+/m1/s1. The normalized spacial score (nSPS) is 19.8. The number of amides is 5. The lowest BCUT2D eigenvalue weighted by Gasteiger charge is -2.38. The van der Waals surface area contributed by atoms with Crippen molar-refractivity contribution in [1.82, 2.24) is 15.1 Å². The van der Waals surface area contributed by atoms with Crippen LogP contribution in [-0.2, 0) is 0 Å². The molecule has 11 nitrogen and oxygen atoms in total. The van der Waals surface area contributed by atoms with Gasteiger partial charge in [0.25, 0.3) is 5.91 Å². The van der Waals surface area contributed by atoms with E-state index in [0.717, 1.165) is 25.7 Å². The van der Waals surface area contributed by atoms with Crippen LogP contribution in [0, 0.1) is 5.92 Å². The van der Waals surface area contributed by atoms with Gasteiger partial charge in [-0.1, -0.05) is 32.3 Å². The first-order valence-corrected chi connectivity index (χ1v) is 14.6. The summed E-state index contributed by atoms with van der Waals surface area (Å²) in [7, 11) is 3.30. The maximum Gasteiger partial charge on any atom is 0.323 e. The lowest BCUT2D eigenvalue weighted by Crippen LogP contribution is -2.52. The first-order valence-electron chi connectivity index (χ1n) is 14.6. The number of methoxy groups -OCH3 is 1. The minimum absolute atomic E-state index is 0.165. The van der Waals surface area contributed by atoms with Gasteiger partial charge in [-0.3, -0.25) is 4.79 Å². The fourth-order valence-corrected chi connectivity index (χ4v) is 5.40. The van der Waals surface area contributed by atoms with E-state index in [9.17, 15) is 19.5 Å². The molecule has 4 rings (SSSR count). The number of anilines is 2. The molecule has 2 aromatic carbocycles. The average molecular weight is 582 g/mol. The lowest BCUT2D eigenvalue weighted by atomic mass is 9.96. The second-order valence-corrected chi connectivity index (χ2v) is 11.3. The van der Waals surface area contributed by atoms with E-state index in [4.69, 9.17) is 9.47 Å². The van der Waals surface area contributed by atoms with Gasteiger partial charge in [0.2, 0.25) is 0 Å². The van der Waals surface area contributed by atoms with Gasteiger partial charge in [-0.05, 0) is 56.2 Å². The molecule has 0 spiro atoms. The number of para-hydroxylation sites is 1. The van der Waals surface area contributed by atoms with Gasteiger partial charge in [-0.15, -0.1) is 0 Å². The van der Waals surface area contributed by atoms with Crippen molar-refractivity contribution in [1.29, 1.82) is 0 Å². The number of aliphatic hydroxyl groups excluding tert-OH is 1. The molecule has 0 radical (unpaired) electrons. The fraction of sp³-hybridized carbons (Fsp3) is 0.516. The van der Waals surface area contributed by atoms with Crippen LogP contribution in [0.4, 0.5) is 21.0 Å². The Balaban J connectivity index is 1.58. The van der Waals surface area contributed by atoms with E-state index in [-0.39, 0.29) is 48.4 Å². The van der Waals surface area contributed by atoms with Crippen LogP contribution in [0.5, 0.6) is 11.5 Å². The number of nitrogens with zero attached hydrogens (tertiary/aromatic N) is 2. The van der Waals surface area contributed by atoms with Crippen LogP contribution in [0.3, 0.4) is 0 Å². The molecular formula is C31H43N5O6. The zero-order valence-electron chi connectivity index (χ0n) is 24.9. The summed E-state index contributed by atoms with van der Waals surface area (Å²) in [6.45, 7) is 4.14. The molecule has 1 saturated carbocycles. The zero-order valence-corrected chi connectivity index (χ0v) is 24.9. The van der Waals surface area contributed by atoms with E-state index in [0.29, 0.717) is 23.7 Å². The van der Waals surface area contributed by atoms with Crippen molar-refractivity contribution in [3.8, 4) is 11.5 Å². The molecule has 0 unspecified atom stereocenters. The SMILES string of the molecule is COc1ccc(NC(=O)Nc2cccc3c2O[C@@H](CN(C)C(=O)NC2CCCCC2)[C@H](C)CN([C@@H](C)CO)C3=O)cc1. The molecule has 11 heteroatoms. The Labute approximate surface area is 247 Å². The first kappa shape index (κ1) is 31.0. The Morgan fingerprint density at radius 3 is 2.50 bits per heavy atom. The molecule has 1 aliphatic heterocycles. The van der Waals surface area contributed by atoms with E-state index in [1.165, 1.54) is 6.42 Å². The molecule has 2 aromatic rings. The Morgan fingerprint density at radius 1 is 1.12 bits per heavy atom. The number of nitrogens with one attached hydrogen (secondary N) is 3. The largest absolute Gasteiger partial charge is 0.497 e. The topological polar surface area (TPSA) is 132 Å². The summed E-state index contributed by atoms with van der Waals surface area (Å²) in [4.78, 5) is 43.0. The lowest BCUT2D eigenvalue weighted by molar-refractivity contribution is 0.0368. The number of urea groups is 2. The highest BCUT2D eigenvalue weighted by atomic mass is 16.5. The van der Waals surface area contributed by atoms with Crippen LogP contribution < -0.4 is 25.4 Å². The maximum atomic E-state index is 13.7. The number of ether oxygens (including phenoxy) is 2. The monoisotopic (exact) mass is 581 g/mol. The van der Waals surface area contributed by atoms with Crippen molar-refractivity contribution in [3.63, 3.8) is 0 Å². The van der Waals surface area contributed by atoms with Crippen LogP contribution in [0.25, 0.3) is 0 Å². The number of likely N-dealkylation sites (N-methyl/N-ethyl adjacent to an activating group) is 1. The summed E-state index contributed by atoms with van der Waals surface area (Å²) in [5.41, 5.74) is 1.14. The summed E-state index contributed by atoms with van der Waals surface area (Å²) < 4.78 is 11.7. The van der Waals surface area contributed by atoms with E-state index in [1.807, 2.05) is 6.92 Å². The molecule has 0 saturated heterocycles. The summed E-state index contributed by atoms with van der Waals surface area (Å²) in [5.74, 6) is 0.387. The smallest absolute Gasteiger partial charge is 0.323 e. The molecule has 1 aliphatic carbocycles. The first-order chi connectivity index (χ1) is 20.2. The number of fused-ring (bicyclic) bond motifs is 1. The number of aliphatic hydroxyl groups is 1. The average Bonchev–Trinajstić information content (AvgIpc) is 2.99. The van der Waals surface area contributed by atoms with Crippen molar-refractivity contribution < 1.29 is 29.0 Å². The summed E-state index contributed by atoms with van der Waals surface area (Å²) in [5, 5.41) is 18.7. The molecular weight excluding hydrogens is 538 g/mol. The number of hydrogen-bond donors (Lipinski definition) is 4. The highest BCUT2D eigenvalue weighted by Gasteiger charge is 2.35. The van der Waals surface area contributed by atoms with E-state index in [2.05, 4.69) is 16.0 Å². The predicted molar refractivity (Wildman–Crippen MR) is 161 cm³/mol.